The molecule has 1 unspecified atom stereocenters. The average molecular weight is 397 g/mol. The Hall–Kier alpha value is -3.53. The van der Waals surface area contributed by atoms with Gasteiger partial charge in [-0.25, -0.2) is 4.79 Å². The van der Waals surface area contributed by atoms with Gasteiger partial charge in [-0.05, 0) is 18.6 Å². The highest BCUT2D eigenvalue weighted by atomic mass is 16.5. The first-order chi connectivity index (χ1) is 14.1. The molecule has 1 atom stereocenters. The maximum Gasteiger partial charge on any atom is 0.328 e. The van der Waals surface area contributed by atoms with Crippen molar-refractivity contribution in [1.82, 2.24) is 24.6 Å². The summed E-state index contributed by atoms with van der Waals surface area (Å²) in [6.45, 7) is 0.788. The van der Waals surface area contributed by atoms with Crippen LogP contribution in [0.2, 0.25) is 0 Å². The van der Waals surface area contributed by atoms with Crippen LogP contribution in [0.15, 0.2) is 50.6 Å². The molecule has 4 rings (SSSR count). The minimum atomic E-state index is -0.635. The van der Waals surface area contributed by atoms with E-state index in [9.17, 15) is 14.4 Å². The molecular weight excluding hydrogens is 378 g/mol. The van der Waals surface area contributed by atoms with E-state index in [4.69, 9.17) is 9.63 Å². The number of H-pyrrole nitrogens is 1. The van der Waals surface area contributed by atoms with Gasteiger partial charge in [0.25, 0.3) is 11.5 Å². The van der Waals surface area contributed by atoms with Crippen molar-refractivity contribution in [2.45, 2.75) is 18.9 Å². The molecule has 1 aromatic carbocycles. The third-order valence-electron chi connectivity index (χ3n) is 4.88. The number of nitrogens with zero attached hydrogens (tertiary/aromatic N) is 4. The number of hydrogen-bond acceptors (Lipinski definition) is 7. The fraction of sp³-hybridized carbons (Fsp3) is 0.316. The van der Waals surface area contributed by atoms with E-state index in [2.05, 4.69) is 15.1 Å². The summed E-state index contributed by atoms with van der Waals surface area (Å²) in [5.41, 5.74) is -0.563. The van der Waals surface area contributed by atoms with E-state index in [1.807, 2.05) is 18.2 Å². The van der Waals surface area contributed by atoms with Crippen LogP contribution in [0.3, 0.4) is 0 Å². The molecule has 150 valence electrons. The molecule has 0 bridgehead atoms. The molecule has 1 aliphatic rings. The van der Waals surface area contributed by atoms with Crippen LogP contribution >= 0.6 is 0 Å². The number of rotatable bonds is 5. The summed E-state index contributed by atoms with van der Waals surface area (Å²) in [5, 5.41) is 12.9. The van der Waals surface area contributed by atoms with Crippen LogP contribution in [0.1, 0.15) is 28.6 Å². The second kappa shape index (κ2) is 7.84. The molecule has 2 N–H and O–H groups in total. The Kier molecular flexibility index (Phi) is 5.09. The second-order valence-corrected chi connectivity index (χ2v) is 6.78. The van der Waals surface area contributed by atoms with Gasteiger partial charge in [0.05, 0.1) is 19.1 Å². The van der Waals surface area contributed by atoms with Gasteiger partial charge in [-0.1, -0.05) is 23.4 Å². The molecule has 0 saturated carbocycles. The predicted molar refractivity (Wildman–Crippen MR) is 101 cm³/mol. The normalized spacial score (nSPS) is 16.3. The van der Waals surface area contributed by atoms with Crippen LogP contribution in [-0.2, 0) is 6.54 Å². The van der Waals surface area contributed by atoms with Crippen molar-refractivity contribution >= 4 is 5.91 Å². The average Bonchev–Trinajstić information content (AvgIpc) is 3.40. The van der Waals surface area contributed by atoms with Crippen LogP contribution in [0, 0.1) is 0 Å². The number of nitrogens with one attached hydrogen (secondary N) is 1. The number of hydrogen-bond donors (Lipinski definition) is 2. The molecule has 0 aliphatic carbocycles. The summed E-state index contributed by atoms with van der Waals surface area (Å²) >= 11 is 0. The van der Waals surface area contributed by atoms with E-state index >= 15 is 0 Å². The van der Waals surface area contributed by atoms with Gasteiger partial charge in [-0.15, -0.1) is 0 Å². The van der Waals surface area contributed by atoms with Crippen molar-refractivity contribution in [3.63, 3.8) is 0 Å². The molecule has 10 nitrogen and oxygen atoms in total. The Morgan fingerprint density at radius 3 is 2.83 bits per heavy atom. The maximum atomic E-state index is 12.6. The van der Waals surface area contributed by atoms with Gasteiger partial charge in [-0.2, -0.15) is 4.98 Å². The quantitative estimate of drug-likeness (QED) is 0.628. The van der Waals surface area contributed by atoms with Crippen molar-refractivity contribution < 1.29 is 14.4 Å². The number of aliphatic hydroxyl groups excluding tert-OH is 1. The van der Waals surface area contributed by atoms with Crippen LogP contribution in [0.4, 0.5) is 0 Å². The van der Waals surface area contributed by atoms with E-state index in [0.717, 1.165) is 0 Å². The molecular formula is C19H19N5O5. The lowest BCUT2D eigenvalue weighted by atomic mass is 10.1. The first kappa shape index (κ1) is 18.8. The molecule has 3 heterocycles. The van der Waals surface area contributed by atoms with Crippen molar-refractivity contribution in [1.29, 1.82) is 0 Å². The molecule has 3 aromatic rings. The lowest BCUT2D eigenvalue weighted by Crippen LogP contribution is -2.31. The highest BCUT2D eigenvalue weighted by Crippen LogP contribution is 2.28. The second-order valence-electron chi connectivity index (χ2n) is 6.78. The molecule has 0 radical (unpaired) electrons. The van der Waals surface area contributed by atoms with Gasteiger partial charge in [0.1, 0.15) is 5.56 Å². The standard InChI is InChI=1S/C19H19N5O5/c25-9-8-24-11-14(16(26)21-19(24)28)15-20-17(29-22-15)13-6-7-23(10-13)18(27)12-4-2-1-3-5-12/h1-5,11,13,25H,6-10H2,(H,21,26,28). The molecule has 1 aliphatic heterocycles. The Balaban J connectivity index is 1.53. The summed E-state index contributed by atoms with van der Waals surface area (Å²) in [6, 6.07) is 9.04. The van der Waals surface area contributed by atoms with Crippen molar-refractivity contribution in [2.75, 3.05) is 19.7 Å². The van der Waals surface area contributed by atoms with E-state index in [-0.39, 0.29) is 36.4 Å². The summed E-state index contributed by atoms with van der Waals surface area (Å²) < 4.78 is 6.50. The molecule has 0 spiro atoms. The number of carbonyl (C=O) groups is 1. The van der Waals surface area contributed by atoms with Crippen molar-refractivity contribution in [2.24, 2.45) is 0 Å². The third-order valence-corrected chi connectivity index (χ3v) is 4.88. The summed E-state index contributed by atoms with van der Waals surface area (Å²) in [4.78, 5) is 44.7. The number of carbonyl (C=O) groups excluding carboxylic acids is 1. The van der Waals surface area contributed by atoms with E-state index < -0.39 is 11.2 Å². The lowest BCUT2D eigenvalue weighted by Gasteiger charge is -2.15. The zero-order chi connectivity index (χ0) is 20.4. The van der Waals surface area contributed by atoms with Crippen LogP contribution < -0.4 is 11.2 Å². The van der Waals surface area contributed by atoms with E-state index in [1.54, 1.807) is 17.0 Å². The molecule has 1 saturated heterocycles. The van der Waals surface area contributed by atoms with Gasteiger partial charge in [0.15, 0.2) is 0 Å². The third kappa shape index (κ3) is 3.74. The number of aromatic nitrogens is 4. The summed E-state index contributed by atoms with van der Waals surface area (Å²) in [7, 11) is 0. The van der Waals surface area contributed by atoms with Gasteiger partial charge in [0, 0.05) is 24.8 Å². The highest BCUT2D eigenvalue weighted by Gasteiger charge is 2.32. The number of amides is 1. The minimum Gasteiger partial charge on any atom is -0.395 e. The largest absolute Gasteiger partial charge is 0.395 e. The fourth-order valence-electron chi connectivity index (χ4n) is 3.36. The van der Waals surface area contributed by atoms with Crippen LogP contribution in [-0.4, -0.2) is 55.3 Å². The molecule has 10 heteroatoms. The molecule has 1 amide bonds. The SMILES string of the molecule is O=C(c1ccccc1)N1CCC(c2nc(-c3cn(CCO)c(=O)[nH]c3=O)no2)C1. The van der Waals surface area contributed by atoms with E-state index in [1.165, 1.54) is 10.8 Å². The summed E-state index contributed by atoms with van der Waals surface area (Å²) in [5.74, 6) is 0.204. The minimum absolute atomic E-state index is 0.0342. The molecule has 29 heavy (non-hydrogen) atoms. The topological polar surface area (TPSA) is 134 Å². The first-order valence-corrected chi connectivity index (χ1v) is 9.19. The predicted octanol–water partition coefficient (Wildman–Crippen LogP) is 0.209. The smallest absolute Gasteiger partial charge is 0.328 e. The monoisotopic (exact) mass is 397 g/mol. The van der Waals surface area contributed by atoms with Crippen LogP contribution in [0.25, 0.3) is 11.4 Å². The van der Waals surface area contributed by atoms with Crippen LogP contribution in [0.5, 0.6) is 0 Å². The Morgan fingerprint density at radius 2 is 2.07 bits per heavy atom. The first-order valence-electron chi connectivity index (χ1n) is 9.19. The zero-order valence-corrected chi connectivity index (χ0v) is 15.4. The summed E-state index contributed by atoms with van der Waals surface area (Å²) in [6.07, 6.45) is 1.96. The van der Waals surface area contributed by atoms with Crippen molar-refractivity contribution in [3.05, 3.63) is 68.8 Å². The number of aromatic amines is 1. The van der Waals surface area contributed by atoms with Gasteiger partial charge >= 0.3 is 5.69 Å². The lowest BCUT2D eigenvalue weighted by molar-refractivity contribution is 0.0789. The van der Waals surface area contributed by atoms with E-state index in [0.29, 0.717) is 31.0 Å². The Labute approximate surface area is 164 Å². The Bertz CT molecular complexity index is 1130. The van der Waals surface area contributed by atoms with Gasteiger partial charge < -0.3 is 14.5 Å². The Morgan fingerprint density at radius 1 is 1.28 bits per heavy atom. The van der Waals surface area contributed by atoms with Gasteiger partial charge in [0.2, 0.25) is 11.7 Å². The molecule has 2 aromatic heterocycles. The highest BCUT2D eigenvalue weighted by molar-refractivity contribution is 5.94. The van der Waals surface area contributed by atoms with Crippen molar-refractivity contribution in [3.8, 4) is 11.4 Å². The van der Waals surface area contributed by atoms with Gasteiger partial charge in [-0.3, -0.25) is 19.1 Å². The molecule has 1 fully saturated rings. The number of benzene rings is 1. The zero-order valence-electron chi connectivity index (χ0n) is 15.4. The maximum absolute atomic E-state index is 12.6. The fourth-order valence-corrected chi connectivity index (χ4v) is 3.36. The number of likely N-dealkylation sites (tertiary alicyclic amines) is 1. The number of aliphatic hydroxyl groups is 1.